The lowest BCUT2D eigenvalue weighted by Gasteiger charge is -2.14. The molecule has 0 aliphatic heterocycles. The van der Waals surface area contributed by atoms with Gasteiger partial charge in [-0.05, 0) is 70.4 Å². The smallest absolute Gasteiger partial charge is 0.271 e. The van der Waals surface area contributed by atoms with Gasteiger partial charge in [-0.15, -0.1) is 0 Å². The number of carbonyl (C=O) groups excluding carboxylic acids is 1. The molecule has 8 heteroatoms. The van der Waals surface area contributed by atoms with Gasteiger partial charge in [-0.2, -0.15) is 0 Å². The molecule has 31 heavy (non-hydrogen) atoms. The maximum atomic E-state index is 13.2. The predicted octanol–water partition coefficient (Wildman–Crippen LogP) is 3.76. The van der Waals surface area contributed by atoms with Crippen molar-refractivity contribution in [2.45, 2.75) is 56.7 Å². The molecule has 0 saturated heterocycles. The number of hydrogen-bond acceptors (Lipinski definition) is 5. The molecule has 1 aromatic carbocycles. The van der Waals surface area contributed by atoms with E-state index in [0.717, 1.165) is 16.8 Å². The summed E-state index contributed by atoms with van der Waals surface area (Å²) < 4.78 is 27.8. The number of aromatic amines is 1. The Morgan fingerprint density at radius 2 is 1.94 bits per heavy atom. The van der Waals surface area contributed by atoms with Crippen LogP contribution in [0.15, 0.2) is 40.2 Å². The Morgan fingerprint density at radius 1 is 1.23 bits per heavy atom. The molecule has 0 atom stereocenters. The highest BCUT2D eigenvalue weighted by Gasteiger charge is 2.37. The van der Waals surface area contributed by atoms with Crippen LogP contribution in [0.25, 0.3) is 10.9 Å². The maximum Gasteiger partial charge on any atom is 0.271 e. The van der Waals surface area contributed by atoms with Crippen LogP contribution in [0.2, 0.25) is 0 Å². The van der Waals surface area contributed by atoms with E-state index >= 15 is 0 Å². The normalized spacial score (nSPS) is 14.4. The standard InChI is InChI=1S/C23H27N3O4S/c1-13(2)26-8-7-18-19(10-17(11-20(18)26)31(29,30)16-5-6-16)21(27)12-24-22-14(3)9-15(4)25-23(22)28/h7-11,13,16,24H,5-6,12H2,1-4H3,(H,25,28). The monoisotopic (exact) mass is 441 g/mol. The van der Waals surface area contributed by atoms with E-state index in [2.05, 4.69) is 10.3 Å². The third kappa shape index (κ3) is 3.92. The van der Waals surface area contributed by atoms with Gasteiger partial charge in [0.1, 0.15) is 5.69 Å². The molecule has 0 radical (unpaired) electrons. The number of benzene rings is 1. The average molecular weight is 442 g/mol. The molecule has 2 aromatic heterocycles. The highest BCUT2D eigenvalue weighted by molar-refractivity contribution is 7.92. The number of carbonyl (C=O) groups is 1. The van der Waals surface area contributed by atoms with Gasteiger partial charge in [-0.25, -0.2) is 8.42 Å². The summed E-state index contributed by atoms with van der Waals surface area (Å²) in [5.41, 5.74) is 2.63. The fourth-order valence-electron chi connectivity index (χ4n) is 3.99. The first-order valence-electron chi connectivity index (χ1n) is 10.5. The Kier molecular flexibility index (Phi) is 5.29. The summed E-state index contributed by atoms with van der Waals surface area (Å²) in [6.45, 7) is 7.51. The molecular weight excluding hydrogens is 414 g/mol. The number of nitrogens with zero attached hydrogens (tertiary/aromatic N) is 1. The van der Waals surface area contributed by atoms with Crippen molar-refractivity contribution < 1.29 is 13.2 Å². The van der Waals surface area contributed by atoms with Crippen LogP contribution in [0.4, 0.5) is 5.69 Å². The number of pyridine rings is 1. The second kappa shape index (κ2) is 7.67. The minimum absolute atomic E-state index is 0.109. The number of H-pyrrole nitrogens is 1. The minimum Gasteiger partial charge on any atom is -0.373 e. The van der Waals surface area contributed by atoms with E-state index < -0.39 is 9.84 Å². The van der Waals surface area contributed by atoms with Crippen LogP contribution >= 0.6 is 0 Å². The zero-order chi connectivity index (χ0) is 22.5. The molecule has 0 spiro atoms. The van der Waals surface area contributed by atoms with Crippen molar-refractivity contribution in [2.75, 3.05) is 11.9 Å². The number of rotatable bonds is 7. The lowest BCUT2D eigenvalue weighted by atomic mass is 10.1. The molecule has 1 fully saturated rings. The lowest BCUT2D eigenvalue weighted by Crippen LogP contribution is -2.22. The summed E-state index contributed by atoms with van der Waals surface area (Å²) in [7, 11) is -3.46. The third-order valence-electron chi connectivity index (χ3n) is 5.75. The van der Waals surface area contributed by atoms with Gasteiger partial charge < -0.3 is 14.9 Å². The first-order valence-corrected chi connectivity index (χ1v) is 12.0. The summed E-state index contributed by atoms with van der Waals surface area (Å²) in [5, 5.41) is 3.30. The third-order valence-corrected chi connectivity index (χ3v) is 7.99. The topological polar surface area (TPSA) is 101 Å². The Labute approximate surface area is 181 Å². The van der Waals surface area contributed by atoms with Crippen molar-refractivity contribution >= 4 is 32.2 Å². The van der Waals surface area contributed by atoms with E-state index in [1.165, 1.54) is 6.07 Å². The van der Waals surface area contributed by atoms with Gasteiger partial charge in [0.25, 0.3) is 5.56 Å². The van der Waals surface area contributed by atoms with Crippen molar-refractivity contribution in [1.82, 2.24) is 9.55 Å². The minimum atomic E-state index is -3.46. The van der Waals surface area contributed by atoms with Crippen LogP contribution in [0, 0.1) is 13.8 Å². The van der Waals surface area contributed by atoms with E-state index in [-0.39, 0.29) is 34.1 Å². The summed E-state index contributed by atoms with van der Waals surface area (Å²) in [4.78, 5) is 28.4. The maximum absolute atomic E-state index is 13.2. The number of fused-ring (bicyclic) bond motifs is 1. The van der Waals surface area contributed by atoms with Crippen molar-refractivity contribution in [3.05, 3.63) is 57.6 Å². The molecule has 0 amide bonds. The number of ketones is 1. The Morgan fingerprint density at radius 3 is 2.55 bits per heavy atom. The van der Waals surface area contributed by atoms with E-state index in [0.29, 0.717) is 29.5 Å². The van der Waals surface area contributed by atoms with Crippen LogP contribution in [-0.2, 0) is 9.84 Å². The van der Waals surface area contributed by atoms with Crippen LogP contribution in [-0.4, -0.2) is 35.5 Å². The highest BCUT2D eigenvalue weighted by atomic mass is 32.2. The van der Waals surface area contributed by atoms with E-state index in [1.807, 2.05) is 36.7 Å². The van der Waals surface area contributed by atoms with E-state index in [4.69, 9.17) is 0 Å². The van der Waals surface area contributed by atoms with Gasteiger partial charge in [-0.1, -0.05) is 0 Å². The Hall–Kier alpha value is -2.87. The number of aryl methyl sites for hydroxylation is 2. The molecule has 2 N–H and O–H groups in total. The Balaban J connectivity index is 1.75. The zero-order valence-electron chi connectivity index (χ0n) is 18.2. The summed E-state index contributed by atoms with van der Waals surface area (Å²) >= 11 is 0. The van der Waals surface area contributed by atoms with Crippen molar-refractivity contribution in [1.29, 1.82) is 0 Å². The molecule has 1 saturated carbocycles. The second-order valence-electron chi connectivity index (χ2n) is 8.58. The van der Waals surface area contributed by atoms with Gasteiger partial charge in [-0.3, -0.25) is 9.59 Å². The second-order valence-corrected chi connectivity index (χ2v) is 10.8. The first kappa shape index (κ1) is 21.4. The quantitative estimate of drug-likeness (QED) is 0.544. The lowest BCUT2D eigenvalue weighted by molar-refractivity contribution is 0.101. The average Bonchev–Trinajstić information content (AvgIpc) is 3.46. The molecule has 164 valence electrons. The van der Waals surface area contributed by atoms with Gasteiger partial charge in [0.05, 0.1) is 22.2 Å². The van der Waals surface area contributed by atoms with E-state index in [1.54, 1.807) is 19.9 Å². The fraction of sp³-hybridized carbons (Fsp3) is 0.391. The van der Waals surface area contributed by atoms with Crippen molar-refractivity contribution in [3.63, 3.8) is 0 Å². The van der Waals surface area contributed by atoms with Crippen LogP contribution in [0.3, 0.4) is 0 Å². The number of sulfone groups is 1. The molecule has 0 unspecified atom stereocenters. The molecule has 3 aromatic rings. The summed E-state index contributed by atoms with van der Waals surface area (Å²) in [6, 6.07) is 6.97. The van der Waals surface area contributed by atoms with Gasteiger partial charge in [0.2, 0.25) is 0 Å². The van der Waals surface area contributed by atoms with Crippen LogP contribution < -0.4 is 10.9 Å². The Bertz CT molecular complexity index is 1350. The molecular formula is C23H27N3O4S. The summed E-state index contributed by atoms with van der Waals surface area (Å²) in [6.07, 6.45) is 3.19. The molecule has 7 nitrogen and oxygen atoms in total. The molecule has 4 rings (SSSR count). The number of aromatic nitrogens is 2. The molecule has 0 bridgehead atoms. The molecule has 1 aliphatic carbocycles. The van der Waals surface area contributed by atoms with Crippen LogP contribution in [0.5, 0.6) is 0 Å². The number of nitrogens with one attached hydrogen (secondary N) is 2. The van der Waals surface area contributed by atoms with Crippen LogP contribution in [0.1, 0.15) is 54.3 Å². The molecule has 2 heterocycles. The SMILES string of the molecule is Cc1cc(C)c(NCC(=O)c2cc(S(=O)(=O)C3CC3)cc3c2ccn3C(C)C)c(=O)[nH]1. The fourth-order valence-corrected chi connectivity index (χ4v) is 5.69. The molecule has 1 aliphatic rings. The van der Waals surface area contributed by atoms with Gasteiger partial charge in [0.15, 0.2) is 15.6 Å². The van der Waals surface area contributed by atoms with Crippen molar-refractivity contribution in [3.8, 4) is 0 Å². The first-order chi connectivity index (χ1) is 14.6. The largest absolute Gasteiger partial charge is 0.373 e. The highest BCUT2D eigenvalue weighted by Crippen LogP contribution is 2.36. The van der Waals surface area contributed by atoms with Gasteiger partial charge in [0, 0.05) is 28.9 Å². The van der Waals surface area contributed by atoms with Gasteiger partial charge >= 0.3 is 0 Å². The number of anilines is 1. The number of hydrogen-bond donors (Lipinski definition) is 2. The summed E-state index contributed by atoms with van der Waals surface area (Å²) in [5.74, 6) is -0.265. The number of Topliss-reactive ketones (excluding diaryl/α,β-unsaturated/α-hetero) is 1. The zero-order valence-corrected chi connectivity index (χ0v) is 19.0. The van der Waals surface area contributed by atoms with E-state index in [9.17, 15) is 18.0 Å². The van der Waals surface area contributed by atoms with Crippen molar-refractivity contribution in [2.24, 2.45) is 0 Å². The predicted molar refractivity (Wildman–Crippen MR) is 122 cm³/mol.